The summed E-state index contributed by atoms with van der Waals surface area (Å²) >= 11 is 0. The molecule has 1 saturated heterocycles. The molecule has 0 radical (unpaired) electrons. The van der Waals surface area contributed by atoms with Crippen LogP contribution in [0.4, 0.5) is 5.69 Å². The second-order valence-corrected chi connectivity index (χ2v) is 6.21. The van der Waals surface area contributed by atoms with Gasteiger partial charge in [0.2, 0.25) is 5.89 Å². The van der Waals surface area contributed by atoms with Gasteiger partial charge in [0, 0.05) is 45.0 Å². The number of halogens is 3. The van der Waals surface area contributed by atoms with Crippen LogP contribution in [0.5, 0.6) is 0 Å². The molecule has 0 unspecified atom stereocenters. The van der Waals surface area contributed by atoms with Crippen LogP contribution in [0.15, 0.2) is 34.9 Å². The molecule has 0 atom stereocenters. The third-order valence-corrected chi connectivity index (χ3v) is 4.39. The average molecular weight is 440 g/mol. The van der Waals surface area contributed by atoms with Gasteiger partial charge in [-0.05, 0) is 19.2 Å². The maximum atomic E-state index is 5.48. The van der Waals surface area contributed by atoms with Crippen LogP contribution in [-0.4, -0.2) is 66.3 Å². The number of para-hydroxylation sites is 1. The van der Waals surface area contributed by atoms with Crippen molar-refractivity contribution in [3.63, 3.8) is 0 Å². The van der Waals surface area contributed by atoms with Crippen LogP contribution in [-0.2, 0) is 13.1 Å². The zero-order valence-corrected chi connectivity index (χ0v) is 17.9. The lowest BCUT2D eigenvalue weighted by Crippen LogP contribution is -2.48. The van der Waals surface area contributed by atoms with Gasteiger partial charge in [-0.15, -0.1) is 37.2 Å². The lowest BCUT2D eigenvalue weighted by Gasteiger charge is -2.36. The monoisotopic (exact) mass is 438 g/mol. The third kappa shape index (κ3) is 7.81. The van der Waals surface area contributed by atoms with Crippen LogP contribution in [0.2, 0.25) is 0 Å². The van der Waals surface area contributed by atoms with Gasteiger partial charge in [-0.25, -0.2) is 0 Å². The van der Waals surface area contributed by atoms with Gasteiger partial charge in [-0.1, -0.05) is 23.4 Å². The summed E-state index contributed by atoms with van der Waals surface area (Å²) in [6.45, 7) is 7.38. The zero-order chi connectivity index (χ0) is 16.8. The summed E-state index contributed by atoms with van der Waals surface area (Å²) in [5.41, 5.74) is 6.80. The van der Waals surface area contributed by atoms with Crippen molar-refractivity contribution in [1.29, 1.82) is 0 Å². The SMILES string of the molecule is CN(CCN1CCN(c2ccccc2)CC1)Cc1noc(CN)n1.Cl.Cl.Cl. The smallest absolute Gasteiger partial charge is 0.240 e. The Labute approximate surface area is 179 Å². The Morgan fingerprint density at radius 3 is 2.33 bits per heavy atom. The van der Waals surface area contributed by atoms with E-state index in [0.717, 1.165) is 39.3 Å². The van der Waals surface area contributed by atoms with E-state index in [0.29, 0.717) is 24.8 Å². The Hall–Kier alpha value is -1.09. The molecule has 3 rings (SSSR count). The second kappa shape index (κ2) is 13.1. The Kier molecular flexibility index (Phi) is 12.6. The number of hydrogen-bond donors (Lipinski definition) is 1. The maximum Gasteiger partial charge on any atom is 0.240 e. The van der Waals surface area contributed by atoms with E-state index < -0.39 is 0 Å². The van der Waals surface area contributed by atoms with Crippen molar-refractivity contribution >= 4 is 42.9 Å². The molecule has 154 valence electrons. The first-order valence-electron chi connectivity index (χ1n) is 8.47. The molecule has 1 aliphatic heterocycles. The van der Waals surface area contributed by atoms with Gasteiger partial charge in [0.05, 0.1) is 13.1 Å². The van der Waals surface area contributed by atoms with E-state index in [9.17, 15) is 0 Å². The molecule has 0 bridgehead atoms. The standard InChI is InChI=1S/C17H26N6O.3ClH/c1-21(14-16-19-17(13-18)24-20-16)7-8-22-9-11-23(12-10-22)15-5-3-2-4-6-15;;;/h2-6H,7-14,18H2,1H3;3*1H. The first kappa shape index (κ1) is 25.9. The zero-order valence-electron chi connectivity index (χ0n) is 15.5. The number of likely N-dealkylation sites (N-methyl/N-ethyl adjacent to an activating group) is 1. The predicted octanol–water partition coefficient (Wildman–Crippen LogP) is 2.05. The summed E-state index contributed by atoms with van der Waals surface area (Å²) in [6.07, 6.45) is 0. The van der Waals surface area contributed by atoms with Crippen molar-refractivity contribution in [3.8, 4) is 0 Å². The molecule has 2 N–H and O–H groups in total. The van der Waals surface area contributed by atoms with Gasteiger partial charge < -0.3 is 15.2 Å². The lowest BCUT2D eigenvalue weighted by molar-refractivity contribution is 0.209. The topological polar surface area (TPSA) is 74.7 Å². The number of nitrogens with zero attached hydrogens (tertiary/aromatic N) is 5. The van der Waals surface area contributed by atoms with E-state index in [1.807, 2.05) is 0 Å². The molecule has 2 aromatic rings. The average Bonchev–Trinajstić information content (AvgIpc) is 3.09. The van der Waals surface area contributed by atoms with Crippen LogP contribution in [0.3, 0.4) is 0 Å². The number of nitrogens with two attached hydrogens (primary N) is 1. The summed E-state index contributed by atoms with van der Waals surface area (Å²) in [6, 6.07) is 10.6. The highest BCUT2D eigenvalue weighted by molar-refractivity contribution is 5.86. The minimum absolute atomic E-state index is 0. The minimum Gasteiger partial charge on any atom is -0.369 e. The molecule has 1 aromatic carbocycles. The van der Waals surface area contributed by atoms with Crippen molar-refractivity contribution in [2.75, 3.05) is 51.2 Å². The first-order valence-corrected chi connectivity index (χ1v) is 8.47. The highest BCUT2D eigenvalue weighted by atomic mass is 35.5. The summed E-state index contributed by atoms with van der Waals surface area (Å²) < 4.78 is 5.03. The van der Waals surface area contributed by atoms with Gasteiger partial charge in [-0.2, -0.15) is 4.98 Å². The molecular formula is C17H29Cl3N6O. The number of benzene rings is 1. The van der Waals surface area contributed by atoms with Crippen LogP contribution < -0.4 is 10.6 Å². The van der Waals surface area contributed by atoms with Crippen molar-refractivity contribution in [3.05, 3.63) is 42.0 Å². The molecule has 1 fully saturated rings. The van der Waals surface area contributed by atoms with Crippen molar-refractivity contribution in [2.24, 2.45) is 5.73 Å². The highest BCUT2D eigenvalue weighted by Gasteiger charge is 2.17. The van der Waals surface area contributed by atoms with Crippen molar-refractivity contribution < 1.29 is 4.52 Å². The maximum absolute atomic E-state index is 5.48. The molecule has 1 aliphatic rings. The van der Waals surface area contributed by atoms with Gasteiger partial charge in [-0.3, -0.25) is 9.80 Å². The quantitative estimate of drug-likeness (QED) is 0.707. The molecule has 0 aliphatic carbocycles. The van der Waals surface area contributed by atoms with E-state index in [-0.39, 0.29) is 37.2 Å². The summed E-state index contributed by atoms with van der Waals surface area (Å²) in [7, 11) is 2.08. The van der Waals surface area contributed by atoms with Crippen LogP contribution in [0.25, 0.3) is 0 Å². The minimum atomic E-state index is 0. The van der Waals surface area contributed by atoms with Crippen LogP contribution in [0, 0.1) is 0 Å². The van der Waals surface area contributed by atoms with Gasteiger partial charge in [0.15, 0.2) is 5.82 Å². The number of anilines is 1. The molecule has 2 heterocycles. The van der Waals surface area contributed by atoms with Gasteiger partial charge >= 0.3 is 0 Å². The number of rotatable bonds is 7. The molecule has 27 heavy (non-hydrogen) atoms. The highest BCUT2D eigenvalue weighted by Crippen LogP contribution is 2.15. The van der Waals surface area contributed by atoms with Crippen molar-refractivity contribution in [2.45, 2.75) is 13.1 Å². The molecule has 0 saturated carbocycles. The third-order valence-electron chi connectivity index (χ3n) is 4.39. The van der Waals surface area contributed by atoms with Crippen LogP contribution in [0.1, 0.15) is 11.7 Å². The fourth-order valence-corrected chi connectivity index (χ4v) is 2.94. The first-order chi connectivity index (χ1) is 11.7. The number of hydrogen-bond acceptors (Lipinski definition) is 7. The Balaban J connectivity index is 0.00000225. The van der Waals surface area contributed by atoms with Crippen molar-refractivity contribution in [1.82, 2.24) is 19.9 Å². The Morgan fingerprint density at radius 2 is 1.74 bits per heavy atom. The van der Waals surface area contributed by atoms with E-state index in [2.05, 4.69) is 62.2 Å². The van der Waals surface area contributed by atoms with E-state index >= 15 is 0 Å². The second-order valence-electron chi connectivity index (χ2n) is 6.21. The van der Waals surface area contributed by atoms with Gasteiger partial charge in [0.25, 0.3) is 0 Å². The molecule has 0 spiro atoms. The van der Waals surface area contributed by atoms with E-state index in [1.165, 1.54) is 5.69 Å². The molecular weight excluding hydrogens is 411 g/mol. The van der Waals surface area contributed by atoms with Crippen LogP contribution >= 0.6 is 37.2 Å². The lowest BCUT2D eigenvalue weighted by atomic mass is 10.2. The summed E-state index contributed by atoms with van der Waals surface area (Å²) in [4.78, 5) is 11.4. The molecule has 0 amide bonds. The van der Waals surface area contributed by atoms with E-state index in [1.54, 1.807) is 0 Å². The largest absolute Gasteiger partial charge is 0.369 e. The Bertz CT molecular complexity index is 622. The fourth-order valence-electron chi connectivity index (χ4n) is 2.94. The normalized spacial score (nSPS) is 14.3. The molecule has 1 aromatic heterocycles. The summed E-state index contributed by atoms with van der Waals surface area (Å²) in [5.74, 6) is 1.20. The fraction of sp³-hybridized carbons (Fsp3) is 0.529. The predicted molar refractivity (Wildman–Crippen MR) is 115 cm³/mol. The Morgan fingerprint density at radius 1 is 1.07 bits per heavy atom. The molecule has 7 nitrogen and oxygen atoms in total. The van der Waals surface area contributed by atoms with Gasteiger partial charge in [0.1, 0.15) is 0 Å². The molecule has 10 heteroatoms. The number of aromatic nitrogens is 2. The summed E-state index contributed by atoms with van der Waals surface area (Å²) in [5, 5.41) is 3.94. The van der Waals surface area contributed by atoms with E-state index in [4.69, 9.17) is 10.3 Å². The number of piperazine rings is 1.